The number of fused-ring (bicyclic) bond motifs is 1. The number of nitrogens with zero attached hydrogens (tertiary/aromatic N) is 4. The molecule has 15 heteroatoms. The van der Waals surface area contributed by atoms with Crippen LogP contribution in [0.15, 0.2) is 33.2 Å². The molecule has 296 valence electrons. The highest BCUT2D eigenvalue weighted by Crippen LogP contribution is 2.40. The molecule has 2 aliphatic heterocycles. The van der Waals surface area contributed by atoms with Gasteiger partial charge in [0.15, 0.2) is 0 Å². The minimum absolute atomic E-state index is 0.0138. The fraction of sp³-hybridized carbons (Fsp3) is 0.730. The third-order valence-electron chi connectivity index (χ3n) is 9.25. The molecule has 0 spiro atoms. The number of allylic oxidation sites excluding steroid dienone is 4. The molecule has 0 radical (unpaired) electrons. The lowest BCUT2D eigenvalue weighted by Gasteiger charge is -2.36. The Morgan fingerprint density at radius 3 is 2.21 bits per heavy atom. The lowest BCUT2D eigenvalue weighted by molar-refractivity contribution is -0.139. The molecule has 3 aliphatic rings. The molecule has 0 bridgehead atoms. The number of likely N-dealkylation sites (tertiary alicyclic amines) is 1. The molecular weight excluding hydrogens is 698 g/mol. The summed E-state index contributed by atoms with van der Waals surface area (Å²) < 4.78 is 98.7. The van der Waals surface area contributed by atoms with Gasteiger partial charge in [0.1, 0.15) is 5.56 Å². The monoisotopic (exact) mass is 753 g/mol. The van der Waals surface area contributed by atoms with Gasteiger partial charge in [-0.25, -0.2) is 13.9 Å². The molecule has 7 nitrogen and oxygen atoms in total. The number of rotatable bonds is 9. The number of hydrogen-bond donors (Lipinski definition) is 1. The van der Waals surface area contributed by atoms with Gasteiger partial charge >= 0.3 is 12.4 Å². The topological polar surface area (TPSA) is 81.7 Å². The van der Waals surface area contributed by atoms with Gasteiger partial charge in [-0.05, 0) is 70.4 Å². The van der Waals surface area contributed by atoms with Crippen LogP contribution >= 0.6 is 0 Å². The number of halogens is 8. The Kier molecular flexibility index (Phi) is 18.2. The van der Waals surface area contributed by atoms with Crippen LogP contribution in [0.4, 0.5) is 35.1 Å². The number of H-pyrrole nitrogens is 1. The standard InChI is InChI=1S/C24H37F3N4O2.C10H13F2N.C3H5F3/c1-3-5-8-14-30(13-4-2)23(33)17-10-7-6-9-15-31(16-17)19-12-11-18-20(24(25,26)27)22(32)29-28-21(18)19;1-8-5-3-4-6-9(7-13-8)10(2,11)12;1-2-3(4,5)6/h17,19H,3-16H2,1-2H3,(H,29,32);5-7H,3-4H2,1-2H3;2H2,1H3/b;8-5-,9-6+,13-7+;. The zero-order chi connectivity index (χ0) is 39.1. The molecule has 1 N–H and O–H groups in total. The molecule has 1 fully saturated rings. The molecule has 2 atom stereocenters. The second-order valence-corrected chi connectivity index (χ2v) is 13.6. The Bertz CT molecular complexity index is 1410. The van der Waals surface area contributed by atoms with Gasteiger partial charge in [0, 0.05) is 50.5 Å². The Hall–Kier alpha value is -3.10. The number of amides is 1. The van der Waals surface area contributed by atoms with E-state index < -0.39 is 35.8 Å². The molecule has 1 amide bonds. The largest absolute Gasteiger partial charge is 0.422 e. The molecule has 0 saturated carbocycles. The average molecular weight is 754 g/mol. The summed E-state index contributed by atoms with van der Waals surface area (Å²) in [6, 6.07) is -0.300. The molecule has 1 aromatic heterocycles. The van der Waals surface area contributed by atoms with Gasteiger partial charge in [-0.15, -0.1) is 0 Å². The molecule has 52 heavy (non-hydrogen) atoms. The molecule has 1 saturated heterocycles. The highest BCUT2D eigenvalue weighted by atomic mass is 19.4. The number of carbonyl (C=O) groups is 1. The van der Waals surface area contributed by atoms with Crippen LogP contribution in [0.2, 0.25) is 0 Å². The van der Waals surface area contributed by atoms with E-state index in [2.05, 4.69) is 33.9 Å². The van der Waals surface area contributed by atoms with E-state index in [1.54, 1.807) is 6.08 Å². The fourth-order valence-corrected chi connectivity index (χ4v) is 6.45. The average Bonchev–Trinajstić information content (AvgIpc) is 3.45. The maximum atomic E-state index is 13.5. The van der Waals surface area contributed by atoms with Crippen molar-refractivity contribution in [1.29, 1.82) is 0 Å². The van der Waals surface area contributed by atoms with Crippen LogP contribution in [-0.4, -0.2) is 70.4 Å². The Morgan fingerprint density at radius 2 is 1.62 bits per heavy atom. The van der Waals surface area contributed by atoms with Gasteiger partial charge < -0.3 is 4.90 Å². The van der Waals surface area contributed by atoms with Gasteiger partial charge in [0.2, 0.25) is 5.91 Å². The number of nitrogens with one attached hydrogen (secondary N) is 1. The minimum atomic E-state index is -4.70. The summed E-state index contributed by atoms with van der Waals surface area (Å²) in [7, 11) is 0. The number of hydrogen-bond acceptors (Lipinski definition) is 5. The Labute approximate surface area is 302 Å². The molecule has 1 aromatic rings. The number of alkyl halides is 8. The smallest absolute Gasteiger partial charge is 0.342 e. The summed E-state index contributed by atoms with van der Waals surface area (Å²) in [6.07, 6.45) is 5.27. The molecule has 0 aromatic carbocycles. The van der Waals surface area contributed by atoms with E-state index in [0.29, 0.717) is 25.1 Å². The van der Waals surface area contributed by atoms with E-state index in [-0.39, 0.29) is 35.4 Å². The van der Waals surface area contributed by atoms with Crippen molar-refractivity contribution in [1.82, 2.24) is 20.0 Å². The van der Waals surface area contributed by atoms with Crippen LogP contribution in [0.25, 0.3) is 0 Å². The second kappa shape index (κ2) is 21.0. The van der Waals surface area contributed by atoms with Gasteiger partial charge in [-0.2, -0.15) is 31.4 Å². The first-order chi connectivity index (χ1) is 24.3. The van der Waals surface area contributed by atoms with E-state index in [9.17, 15) is 44.7 Å². The van der Waals surface area contributed by atoms with Crippen LogP contribution in [0, 0.1) is 5.92 Å². The highest BCUT2D eigenvalue weighted by molar-refractivity contribution is 5.81. The maximum absolute atomic E-state index is 13.5. The van der Waals surface area contributed by atoms with Crippen molar-refractivity contribution >= 4 is 12.1 Å². The summed E-state index contributed by atoms with van der Waals surface area (Å²) in [5.41, 5.74) is -1.13. The van der Waals surface area contributed by atoms with E-state index in [4.69, 9.17) is 0 Å². The minimum Gasteiger partial charge on any atom is -0.342 e. The molecular formula is C37H55F8N5O2. The SMILES string of the molecule is CC1=C\CC\C=C(C(C)(F)F)/C=N/1.CCC(F)(F)F.CCCCCN(CCC)C(=O)C1CCCCCN(C2CCc3c2n[nH]c(=O)c3C(F)(F)F)C1. The van der Waals surface area contributed by atoms with Crippen LogP contribution in [0.5, 0.6) is 0 Å². The number of aliphatic imine (C=N–C) groups is 1. The molecule has 4 rings (SSSR count). The van der Waals surface area contributed by atoms with Crippen LogP contribution in [-0.2, 0) is 17.4 Å². The van der Waals surface area contributed by atoms with E-state index in [1.807, 2.05) is 17.9 Å². The van der Waals surface area contributed by atoms with Crippen molar-refractivity contribution < 1.29 is 39.9 Å². The van der Waals surface area contributed by atoms with E-state index >= 15 is 0 Å². The number of unbranched alkanes of at least 4 members (excludes halogenated alkanes) is 2. The molecule has 1 aliphatic carbocycles. The zero-order valence-electron chi connectivity index (χ0n) is 31.0. The maximum Gasteiger partial charge on any atom is 0.422 e. The Morgan fingerprint density at radius 1 is 0.942 bits per heavy atom. The zero-order valence-corrected chi connectivity index (χ0v) is 31.0. The van der Waals surface area contributed by atoms with E-state index in [1.165, 1.54) is 6.21 Å². The van der Waals surface area contributed by atoms with Crippen molar-refractivity contribution in [2.75, 3.05) is 26.2 Å². The van der Waals surface area contributed by atoms with Gasteiger partial charge in [-0.3, -0.25) is 19.5 Å². The predicted octanol–water partition coefficient (Wildman–Crippen LogP) is 9.99. The number of aromatic amines is 1. The van der Waals surface area contributed by atoms with Crippen molar-refractivity contribution in [2.24, 2.45) is 10.9 Å². The first kappa shape index (κ1) is 45.1. The first-order valence-corrected chi connectivity index (χ1v) is 18.4. The Balaban J connectivity index is 0.000000404. The summed E-state index contributed by atoms with van der Waals surface area (Å²) in [4.78, 5) is 33.4. The second-order valence-electron chi connectivity index (χ2n) is 13.6. The summed E-state index contributed by atoms with van der Waals surface area (Å²) in [5.74, 6) is -2.77. The number of carbonyl (C=O) groups excluding carboxylic acids is 1. The fourth-order valence-electron chi connectivity index (χ4n) is 6.45. The quantitative estimate of drug-likeness (QED) is 0.201. The van der Waals surface area contributed by atoms with Crippen molar-refractivity contribution in [3.05, 3.63) is 50.6 Å². The normalized spacial score (nSPS) is 22.6. The predicted molar refractivity (Wildman–Crippen MR) is 187 cm³/mol. The molecule has 3 heterocycles. The first-order valence-electron chi connectivity index (χ1n) is 18.4. The molecule has 2 unspecified atom stereocenters. The summed E-state index contributed by atoms with van der Waals surface area (Å²) in [5, 5.41) is 6.13. The third kappa shape index (κ3) is 14.7. The van der Waals surface area contributed by atoms with Crippen LogP contribution in [0.1, 0.15) is 135 Å². The van der Waals surface area contributed by atoms with Gasteiger partial charge in [0.25, 0.3) is 11.5 Å². The van der Waals surface area contributed by atoms with Crippen LogP contribution in [0.3, 0.4) is 0 Å². The summed E-state index contributed by atoms with van der Waals surface area (Å²) >= 11 is 0. The van der Waals surface area contributed by atoms with Gasteiger partial charge in [-0.1, -0.05) is 58.6 Å². The lowest BCUT2D eigenvalue weighted by Crippen LogP contribution is -2.44. The van der Waals surface area contributed by atoms with Crippen LogP contribution < -0.4 is 5.56 Å². The van der Waals surface area contributed by atoms with Crippen molar-refractivity contribution in [2.45, 2.75) is 142 Å². The number of aromatic nitrogens is 2. The highest BCUT2D eigenvalue weighted by Gasteiger charge is 2.43. The van der Waals surface area contributed by atoms with Gasteiger partial charge in [0.05, 0.1) is 17.7 Å². The van der Waals surface area contributed by atoms with Crippen molar-refractivity contribution in [3.63, 3.8) is 0 Å². The lowest BCUT2D eigenvalue weighted by atomic mass is 9.94. The summed E-state index contributed by atoms with van der Waals surface area (Å²) in [6.45, 7) is 10.8. The third-order valence-corrected chi connectivity index (χ3v) is 9.25. The van der Waals surface area contributed by atoms with Crippen molar-refractivity contribution in [3.8, 4) is 0 Å². The van der Waals surface area contributed by atoms with E-state index in [0.717, 1.165) is 97.0 Å².